The second-order valence-electron chi connectivity index (χ2n) is 4.72. The average Bonchev–Trinajstić information content (AvgIpc) is 2.99. The number of nitrogens with one attached hydrogen (secondary N) is 1. The molecule has 0 saturated carbocycles. The lowest BCUT2D eigenvalue weighted by Crippen LogP contribution is -2.14. The van der Waals surface area contributed by atoms with Gasteiger partial charge in [0.2, 0.25) is 0 Å². The first kappa shape index (κ1) is 15.2. The van der Waals surface area contributed by atoms with Gasteiger partial charge in [0.15, 0.2) is 0 Å². The fourth-order valence-electron chi connectivity index (χ4n) is 1.86. The van der Waals surface area contributed by atoms with E-state index in [2.05, 4.69) is 40.8 Å². The van der Waals surface area contributed by atoms with Gasteiger partial charge in [0.25, 0.3) is 0 Å². The second kappa shape index (κ2) is 8.84. The van der Waals surface area contributed by atoms with Crippen LogP contribution in [0.15, 0.2) is 35.8 Å². The van der Waals surface area contributed by atoms with Crippen molar-refractivity contribution in [2.45, 2.75) is 32.9 Å². The largest absolute Gasteiger partial charge is 0.375 e. The number of hydrogen-bond acceptors (Lipinski definition) is 4. The van der Waals surface area contributed by atoms with E-state index in [1.807, 2.05) is 12.3 Å². The van der Waals surface area contributed by atoms with Gasteiger partial charge in [0.1, 0.15) is 0 Å². The van der Waals surface area contributed by atoms with Gasteiger partial charge in [-0.3, -0.25) is 4.98 Å². The highest BCUT2D eigenvalue weighted by Crippen LogP contribution is 2.09. The molecule has 0 unspecified atom stereocenters. The van der Waals surface area contributed by atoms with E-state index >= 15 is 0 Å². The summed E-state index contributed by atoms with van der Waals surface area (Å²) in [6, 6.07) is 8.39. The Balaban J connectivity index is 1.65. The predicted molar refractivity (Wildman–Crippen MR) is 83.9 cm³/mol. The molecule has 0 radical (unpaired) electrons. The van der Waals surface area contributed by atoms with E-state index in [-0.39, 0.29) is 0 Å². The van der Waals surface area contributed by atoms with Crippen LogP contribution >= 0.6 is 11.3 Å². The maximum Gasteiger partial charge on any atom is 0.0887 e. The summed E-state index contributed by atoms with van der Waals surface area (Å²) in [5.41, 5.74) is 2.22. The molecule has 0 aliphatic heterocycles. The Morgan fingerprint density at radius 3 is 2.95 bits per heavy atom. The molecule has 4 heteroatoms. The molecule has 108 valence electrons. The van der Waals surface area contributed by atoms with Crippen LogP contribution in [-0.4, -0.2) is 18.1 Å². The Morgan fingerprint density at radius 1 is 1.30 bits per heavy atom. The third-order valence-electron chi connectivity index (χ3n) is 2.96. The minimum Gasteiger partial charge on any atom is -0.375 e. The Hall–Kier alpha value is -1.23. The maximum atomic E-state index is 5.66. The van der Waals surface area contributed by atoms with Crippen molar-refractivity contribution in [3.63, 3.8) is 0 Å². The fourth-order valence-corrected chi connectivity index (χ4v) is 2.55. The van der Waals surface area contributed by atoms with Crippen molar-refractivity contribution >= 4 is 11.3 Å². The van der Waals surface area contributed by atoms with Crippen LogP contribution in [0.4, 0.5) is 0 Å². The smallest absolute Gasteiger partial charge is 0.0887 e. The number of nitrogens with zero attached hydrogens (tertiary/aromatic N) is 1. The summed E-state index contributed by atoms with van der Waals surface area (Å²) in [5.74, 6) is 0. The Morgan fingerprint density at radius 2 is 2.25 bits per heavy atom. The lowest BCUT2D eigenvalue weighted by Gasteiger charge is -2.05. The van der Waals surface area contributed by atoms with Crippen molar-refractivity contribution < 1.29 is 4.74 Å². The van der Waals surface area contributed by atoms with Crippen LogP contribution in [0.3, 0.4) is 0 Å². The van der Waals surface area contributed by atoms with E-state index in [0.29, 0.717) is 6.61 Å². The van der Waals surface area contributed by atoms with Crippen molar-refractivity contribution in [1.29, 1.82) is 0 Å². The van der Waals surface area contributed by atoms with E-state index in [9.17, 15) is 0 Å². The first-order chi connectivity index (χ1) is 9.88. The van der Waals surface area contributed by atoms with Crippen molar-refractivity contribution in [3.05, 3.63) is 52.0 Å². The van der Waals surface area contributed by atoms with Crippen molar-refractivity contribution in [2.24, 2.45) is 0 Å². The molecule has 0 bridgehead atoms. The third-order valence-corrected chi connectivity index (χ3v) is 3.90. The second-order valence-corrected chi connectivity index (χ2v) is 5.75. The molecule has 2 aromatic rings. The number of aromatic nitrogens is 1. The monoisotopic (exact) mass is 290 g/mol. The van der Waals surface area contributed by atoms with Crippen LogP contribution in [0.5, 0.6) is 0 Å². The van der Waals surface area contributed by atoms with Gasteiger partial charge in [-0.15, -0.1) is 11.3 Å². The fraction of sp³-hybridized carbons (Fsp3) is 0.438. The van der Waals surface area contributed by atoms with E-state index in [1.165, 1.54) is 10.4 Å². The summed E-state index contributed by atoms with van der Waals surface area (Å²) in [4.78, 5) is 5.80. The van der Waals surface area contributed by atoms with Gasteiger partial charge in [-0.25, -0.2) is 0 Å². The molecule has 0 spiro atoms. The standard InChI is InChI=1S/C16H22N2OS/c1-2-8-17-11-14-5-6-15(18-12-14)13-19-9-7-16-4-3-10-20-16/h3-6,10,12,17H,2,7-9,11,13H2,1H3. The Bertz CT molecular complexity index is 468. The van der Waals surface area contributed by atoms with E-state index in [1.54, 1.807) is 11.3 Å². The van der Waals surface area contributed by atoms with Gasteiger partial charge in [-0.05, 0) is 36.0 Å². The molecular formula is C16H22N2OS. The first-order valence-electron chi connectivity index (χ1n) is 7.13. The average molecular weight is 290 g/mol. The highest BCUT2D eigenvalue weighted by Gasteiger charge is 1.98. The minimum absolute atomic E-state index is 0.591. The summed E-state index contributed by atoms with van der Waals surface area (Å²) in [5, 5.41) is 5.47. The van der Waals surface area contributed by atoms with Crippen molar-refractivity contribution in [3.8, 4) is 0 Å². The number of pyridine rings is 1. The lowest BCUT2D eigenvalue weighted by atomic mass is 10.2. The van der Waals surface area contributed by atoms with Gasteiger partial charge in [-0.2, -0.15) is 0 Å². The molecule has 2 heterocycles. The molecule has 20 heavy (non-hydrogen) atoms. The first-order valence-corrected chi connectivity index (χ1v) is 8.01. The zero-order chi connectivity index (χ0) is 14.0. The predicted octanol–water partition coefficient (Wildman–Crippen LogP) is 3.40. The summed E-state index contributed by atoms with van der Waals surface area (Å²) in [7, 11) is 0. The molecule has 1 N–H and O–H groups in total. The van der Waals surface area contributed by atoms with Gasteiger partial charge in [0.05, 0.1) is 18.9 Å². The highest BCUT2D eigenvalue weighted by molar-refractivity contribution is 7.09. The molecule has 0 aliphatic rings. The summed E-state index contributed by atoms with van der Waals surface area (Å²) in [6.45, 7) is 5.45. The normalized spacial score (nSPS) is 10.8. The molecule has 0 aliphatic carbocycles. The zero-order valence-electron chi connectivity index (χ0n) is 12.0. The molecule has 2 rings (SSSR count). The van der Waals surface area contributed by atoms with Crippen LogP contribution < -0.4 is 5.32 Å². The molecule has 0 fully saturated rings. The summed E-state index contributed by atoms with van der Waals surface area (Å²) < 4.78 is 5.66. The molecule has 0 aromatic carbocycles. The topological polar surface area (TPSA) is 34.1 Å². The van der Waals surface area contributed by atoms with E-state index in [0.717, 1.165) is 38.2 Å². The molecular weight excluding hydrogens is 268 g/mol. The van der Waals surface area contributed by atoms with Crippen molar-refractivity contribution in [1.82, 2.24) is 10.3 Å². The molecule has 3 nitrogen and oxygen atoms in total. The minimum atomic E-state index is 0.591. The number of rotatable bonds is 9. The third kappa shape index (κ3) is 5.41. The lowest BCUT2D eigenvalue weighted by molar-refractivity contribution is 0.121. The Kier molecular flexibility index (Phi) is 6.71. The van der Waals surface area contributed by atoms with Crippen LogP contribution in [0.1, 0.15) is 29.5 Å². The number of thiophene rings is 1. The van der Waals surface area contributed by atoms with E-state index in [4.69, 9.17) is 4.74 Å². The van der Waals surface area contributed by atoms with Gasteiger partial charge in [-0.1, -0.05) is 19.1 Å². The van der Waals surface area contributed by atoms with Crippen LogP contribution in [0.2, 0.25) is 0 Å². The van der Waals surface area contributed by atoms with Crippen LogP contribution in [0, 0.1) is 0 Å². The maximum absolute atomic E-state index is 5.66. The highest BCUT2D eigenvalue weighted by atomic mass is 32.1. The van der Waals surface area contributed by atoms with Crippen LogP contribution in [0.25, 0.3) is 0 Å². The van der Waals surface area contributed by atoms with Crippen molar-refractivity contribution in [2.75, 3.05) is 13.2 Å². The van der Waals surface area contributed by atoms with Gasteiger partial charge < -0.3 is 10.1 Å². The van der Waals surface area contributed by atoms with Gasteiger partial charge in [0, 0.05) is 24.0 Å². The SMILES string of the molecule is CCCNCc1ccc(COCCc2cccs2)nc1. The zero-order valence-corrected chi connectivity index (χ0v) is 12.8. The number of hydrogen-bond donors (Lipinski definition) is 1. The quantitative estimate of drug-likeness (QED) is 0.719. The molecule has 0 atom stereocenters. The number of ether oxygens (including phenoxy) is 1. The Labute approximate surface area is 125 Å². The summed E-state index contributed by atoms with van der Waals surface area (Å²) in [6.07, 6.45) is 4.07. The van der Waals surface area contributed by atoms with E-state index < -0.39 is 0 Å². The van der Waals surface area contributed by atoms with Crippen LogP contribution in [-0.2, 0) is 24.3 Å². The molecule has 0 saturated heterocycles. The molecule has 0 amide bonds. The summed E-state index contributed by atoms with van der Waals surface area (Å²) >= 11 is 1.78. The van der Waals surface area contributed by atoms with Gasteiger partial charge >= 0.3 is 0 Å². The molecule has 2 aromatic heterocycles.